The number of anilines is 1. The van der Waals surface area contributed by atoms with Gasteiger partial charge >= 0.3 is 5.69 Å². The number of amides is 1. The Balaban J connectivity index is 2.00. The summed E-state index contributed by atoms with van der Waals surface area (Å²) in [6.45, 7) is 1.49. The summed E-state index contributed by atoms with van der Waals surface area (Å²) >= 11 is 11.9. The zero-order chi connectivity index (χ0) is 17.7. The fraction of sp³-hybridized carbons (Fsp3) is 0.154. The molecule has 0 saturated carbocycles. The van der Waals surface area contributed by atoms with E-state index in [4.69, 9.17) is 23.2 Å². The van der Waals surface area contributed by atoms with Crippen LogP contribution in [-0.2, 0) is 4.79 Å². The lowest BCUT2D eigenvalue weighted by Gasteiger charge is -2.11. The molecule has 1 aromatic heterocycles. The molecule has 24 heavy (non-hydrogen) atoms. The first kappa shape index (κ1) is 17.7. The summed E-state index contributed by atoms with van der Waals surface area (Å²) < 4.78 is 0. The summed E-state index contributed by atoms with van der Waals surface area (Å²) in [4.78, 5) is 36.3. The van der Waals surface area contributed by atoms with Crippen molar-refractivity contribution in [2.24, 2.45) is 5.10 Å². The van der Waals surface area contributed by atoms with Crippen LogP contribution in [0.5, 0.6) is 0 Å². The summed E-state index contributed by atoms with van der Waals surface area (Å²) in [6, 6.07) is 4.11. The number of hydrogen-bond acceptors (Lipinski definition) is 6. The molecule has 2 rings (SSSR count). The number of nitrogens with zero attached hydrogens (tertiary/aromatic N) is 2. The summed E-state index contributed by atoms with van der Waals surface area (Å²) in [6.07, 6.45) is 1.31. The number of hydrogen-bond donors (Lipinski definition) is 4. The number of aromatic amines is 2. The highest BCUT2D eigenvalue weighted by Gasteiger charge is 2.14. The molecule has 1 aromatic carbocycles. The number of aromatic nitrogens is 3. The van der Waals surface area contributed by atoms with Crippen molar-refractivity contribution in [2.75, 3.05) is 5.32 Å². The third kappa shape index (κ3) is 4.43. The normalized spacial score (nSPS) is 12.1. The predicted octanol–water partition coefficient (Wildman–Crippen LogP) is 0.716. The van der Waals surface area contributed by atoms with E-state index in [9.17, 15) is 14.4 Å². The Morgan fingerprint density at radius 3 is 2.62 bits per heavy atom. The number of carbonyl (C=O) groups excluding carboxylic acids is 1. The number of H-pyrrole nitrogens is 2. The molecule has 1 unspecified atom stereocenters. The lowest BCUT2D eigenvalue weighted by molar-refractivity contribution is -0.121. The van der Waals surface area contributed by atoms with Gasteiger partial charge in [-0.3, -0.25) is 14.6 Å². The van der Waals surface area contributed by atoms with E-state index in [-0.39, 0.29) is 5.82 Å². The smallest absolute Gasteiger partial charge is 0.342 e. The summed E-state index contributed by atoms with van der Waals surface area (Å²) in [7, 11) is 0. The van der Waals surface area contributed by atoms with E-state index in [1.54, 1.807) is 18.2 Å². The number of rotatable bonds is 5. The van der Waals surface area contributed by atoms with Gasteiger partial charge in [0.05, 0.1) is 16.3 Å². The molecule has 126 valence electrons. The summed E-state index contributed by atoms with van der Waals surface area (Å²) in [5, 5.41) is 12.6. The van der Waals surface area contributed by atoms with Crippen molar-refractivity contribution in [2.45, 2.75) is 13.0 Å². The molecule has 1 heterocycles. The van der Waals surface area contributed by atoms with Crippen LogP contribution in [0.3, 0.4) is 0 Å². The van der Waals surface area contributed by atoms with Gasteiger partial charge in [0.2, 0.25) is 5.82 Å². The van der Waals surface area contributed by atoms with Gasteiger partial charge in [0.25, 0.3) is 11.5 Å². The Morgan fingerprint density at radius 1 is 1.33 bits per heavy atom. The first-order valence-electron chi connectivity index (χ1n) is 6.61. The van der Waals surface area contributed by atoms with Gasteiger partial charge in [-0.2, -0.15) is 5.10 Å². The maximum atomic E-state index is 11.9. The number of halogens is 2. The lowest BCUT2D eigenvalue weighted by atomic mass is 10.2. The van der Waals surface area contributed by atoms with Crippen molar-refractivity contribution in [3.05, 3.63) is 54.6 Å². The molecule has 1 amide bonds. The molecule has 0 aliphatic heterocycles. The van der Waals surface area contributed by atoms with Gasteiger partial charge in [0.15, 0.2) is 0 Å². The van der Waals surface area contributed by atoms with E-state index in [0.29, 0.717) is 15.6 Å². The van der Waals surface area contributed by atoms with Gasteiger partial charge in [-0.1, -0.05) is 29.3 Å². The summed E-state index contributed by atoms with van der Waals surface area (Å²) in [5.74, 6) is -0.739. The van der Waals surface area contributed by atoms with Crippen molar-refractivity contribution >= 4 is 41.1 Å². The average Bonchev–Trinajstić information content (AvgIpc) is 2.52. The highest BCUT2D eigenvalue weighted by Crippen LogP contribution is 2.21. The van der Waals surface area contributed by atoms with E-state index in [1.807, 2.05) is 10.1 Å². The number of benzene rings is 1. The Hall–Kier alpha value is -2.65. The van der Waals surface area contributed by atoms with Gasteiger partial charge in [0, 0.05) is 5.56 Å². The van der Waals surface area contributed by atoms with Crippen molar-refractivity contribution in [1.29, 1.82) is 0 Å². The van der Waals surface area contributed by atoms with Gasteiger partial charge in [-0.25, -0.2) is 15.3 Å². The molecule has 4 N–H and O–H groups in total. The van der Waals surface area contributed by atoms with Crippen LogP contribution in [0.25, 0.3) is 0 Å². The molecular weight excluding hydrogens is 359 g/mol. The number of hydrazone groups is 1. The van der Waals surface area contributed by atoms with Crippen LogP contribution in [0.4, 0.5) is 5.82 Å². The zero-order valence-electron chi connectivity index (χ0n) is 12.3. The summed E-state index contributed by atoms with van der Waals surface area (Å²) in [5.41, 5.74) is 1.24. The van der Waals surface area contributed by atoms with Crippen LogP contribution in [0.15, 0.2) is 32.9 Å². The first-order chi connectivity index (χ1) is 11.4. The van der Waals surface area contributed by atoms with Crippen LogP contribution in [0.1, 0.15) is 12.5 Å². The highest BCUT2D eigenvalue weighted by atomic mass is 35.5. The maximum absolute atomic E-state index is 11.9. The highest BCUT2D eigenvalue weighted by molar-refractivity contribution is 6.38. The fourth-order valence-corrected chi connectivity index (χ4v) is 2.10. The largest absolute Gasteiger partial charge is 0.353 e. The van der Waals surface area contributed by atoms with Gasteiger partial charge in [-0.05, 0) is 19.1 Å². The molecule has 0 radical (unpaired) electrons. The van der Waals surface area contributed by atoms with E-state index < -0.39 is 23.2 Å². The third-order valence-electron chi connectivity index (χ3n) is 2.83. The van der Waals surface area contributed by atoms with Crippen LogP contribution in [-0.4, -0.2) is 33.3 Å². The molecule has 9 nitrogen and oxygen atoms in total. The zero-order valence-corrected chi connectivity index (χ0v) is 13.8. The van der Waals surface area contributed by atoms with Gasteiger partial charge in [0.1, 0.15) is 6.04 Å². The predicted molar refractivity (Wildman–Crippen MR) is 90.8 cm³/mol. The molecule has 1 atom stereocenters. The lowest BCUT2D eigenvalue weighted by Crippen LogP contribution is -2.38. The van der Waals surface area contributed by atoms with Crippen LogP contribution >= 0.6 is 23.2 Å². The standard InChI is InChI=1S/C13H12Cl2N6O3/c1-6(17-10-12(23)18-13(24)21-19-10)11(22)20-16-5-7-8(14)3-2-4-9(7)15/h2-6H,1H3,(H,17,19)(H,20,22)(H2,18,21,23,24)/b16-5+. The van der Waals surface area contributed by atoms with Crippen molar-refractivity contribution < 1.29 is 4.79 Å². The second kappa shape index (κ2) is 7.75. The number of carbonyl (C=O) groups is 1. The van der Waals surface area contributed by atoms with Crippen LogP contribution < -0.4 is 22.0 Å². The molecule has 0 spiro atoms. The molecule has 0 saturated heterocycles. The van der Waals surface area contributed by atoms with E-state index >= 15 is 0 Å². The van der Waals surface area contributed by atoms with Crippen LogP contribution in [0, 0.1) is 0 Å². The molecule has 0 aliphatic carbocycles. The Morgan fingerprint density at radius 2 is 2.00 bits per heavy atom. The second-order valence-corrected chi connectivity index (χ2v) is 5.41. The Kier molecular flexibility index (Phi) is 5.72. The molecule has 11 heteroatoms. The fourth-order valence-electron chi connectivity index (χ4n) is 1.61. The van der Waals surface area contributed by atoms with Crippen LogP contribution in [0.2, 0.25) is 10.0 Å². The van der Waals surface area contributed by atoms with E-state index in [2.05, 4.69) is 20.9 Å². The molecule has 0 bridgehead atoms. The molecular formula is C13H12Cl2N6O3. The van der Waals surface area contributed by atoms with Crippen molar-refractivity contribution in [3.63, 3.8) is 0 Å². The van der Waals surface area contributed by atoms with E-state index in [0.717, 1.165) is 0 Å². The Bertz CT molecular complexity index is 872. The average molecular weight is 371 g/mol. The minimum absolute atomic E-state index is 0.199. The minimum Gasteiger partial charge on any atom is -0.353 e. The molecule has 0 fully saturated rings. The van der Waals surface area contributed by atoms with E-state index in [1.165, 1.54) is 13.1 Å². The van der Waals surface area contributed by atoms with Crippen molar-refractivity contribution in [1.82, 2.24) is 20.6 Å². The number of nitrogens with one attached hydrogen (secondary N) is 4. The molecule has 2 aromatic rings. The van der Waals surface area contributed by atoms with Crippen molar-refractivity contribution in [3.8, 4) is 0 Å². The maximum Gasteiger partial charge on any atom is 0.342 e. The first-order valence-corrected chi connectivity index (χ1v) is 7.36. The second-order valence-electron chi connectivity index (χ2n) is 4.59. The topological polar surface area (TPSA) is 132 Å². The minimum atomic E-state index is -0.844. The molecule has 0 aliphatic rings. The SMILES string of the molecule is CC(Nc1n[nH]c(=O)[nH]c1=O)C(=O)N/N=C/c1c(Cl)cccc1Cl. The monoisotopic (exact) mass is 370 g/mol. The van der Waals surface area contributed by atoms with Gasteiger partial charge < -0.3 is 5.32 Å². The Labute approximate surface area is 145 Å². The van der Waals surface area contributed by atoms with Gasteiger partial charge in [-0.15, -0.1) is 5.10 Å². The third-order valence-corrected chi connectivity index (χ3v) is 3.49. The quantitative estimate of drug-likeness (QED) is 0.454.